The summed E-state index contributed by atoms with van der Waals surface area (Å²) >= 11 is 1.46. The van der Waals surface area contributed by atoms with E-state index >= 15 is 0 Å². The summed E-state index contributed by atoms with van der Waals surface area (Å²) in [5.74, 6) is 0.393. The van der Waals surface area contributed by atoms with Crippen molar-refractivity contribution in [2.45, 2.75) is 23.7 Å². The zero-order valence-electron chi connectivity index (χ0n) is 11.4. The largest absolute Gasteiger partial charge is 0.573 e. The van der Waals surface area contributed by atoms with Crippen LogP contribution >= 0.6 is 11.8 Å². The Kier molecular flexibility index (Phi) is 6.64. The number of halogens is 3. The Morgan fingerprint density at radius 1 is 1.25 bits per heavy atom. The minimum Gasteiger partial charge on any atom is -0.406 e. The standard InChI is InChI=1S/C13H18F3N2OS/c1-18(2)8-7-10(17)9-20-12-5-3-11(4-6-12)19-13(14,15)16/h3-6,10,17H,7-9H2,1-2H3/t10-/m1/s1. The molecular formula is C13H18F3N2OS. The van der Waals surface area contributed by atoms with Crippen molar-refractivity contribution in [3.8, 4) is 5.75 Å². The summed E-state index contributed by atoms with van der Waals surface area (Å²) < 4.78 is 39.8. The molecule has 20 heavy (non-hydrogen) atoms. The van der Waals surface area contributed by atoms with Crippen LogP contribution in [0.1, 0.15) is 6.42 Å². The molecule has 0 spiro atoms. The van der Waals surface area contributed by atoms with Gasteiger partial charge in [-0.25, -0.2) is 0 Å². The maximum Gasteiger partial charge on any atom is 0.573 e. The summed E-state index contributed by atoms with van der Waals surface area (Å²) in [6.45, 7) is 0.854. The first kappa shape index (κ1) is 17.1. The van der Waals surface area contributed by atoms with Crippen molar-refractivity contribution >= 4 is 11.8 Å². The van der Waals surface area contributed by atoms with Gasteiger partial charge in [-0.2, -0.15) is 0 Å². The minimum atomic E-state index is -4.66. The fourth-order valence-electron chi connectivity index (χ4n) is 1.43. The lowest BCUT2D eigenvalue weighted by atomic mass is 10.2. The monoisotopic (exact) mass is 307 g/mol. The highest BCUT2D eigenvalue weighted by Gasteiger charge is 2.30. The van der Waals surface area contributed by atoms with Crippen molar-refractivity contribution < 1.29 is 17.9 Å². The smallest absolute Gasteiger partial charge is 0.406 e. The third-order valence-electron chi connectivity index (χ3n) is 2.43. The van der Waals surface area contributed by atoms with Gasteiger partial charge in [0.2, 0.25) is 0 Å². The topological polar surface area (TPSA) is 36.3 Å². The van der Waals surface area contributed by atoms with Crippen LogP contribution in [0.25, 0.3) is 0 Å². The van der Waals surface area contributed by atoms with Gasteiger partial charge in [-0.3, -0.25) is 5.73 Å². The van der Waals surface area contributed by atoms with E-state index in [1.54, 1.807) is 12.1 Å². The molecule has 1 N–H and O–H groups in total. The fraction of sp³-hybridized carbons (Fsp3) is 0.538. The number of hydrogen-bond acceptors (Lipinski definition) is 3. The number of thioether (sulfide) groups is 1. The molecule has 0 saturated carbocycles. The summed E-state index contributed by atoms with van der Waals surface area (Å²) in [4.78, 5) is 2.86. The third kappa shape index (κ3) is 7.62. The molecule has 113 valence electrons. The predicted octanol–water partition coefficient (Wildman–Crippen LogP) is 3.28. The van der Waals surface area contributed by atoms with E-state index in [-0.39, 0.29) is 11.8 Å². The van der Waals surface area contributed by atoms with Crippen molar-refractivity contribution in [2.75, 3.05) is 26.4 Å². The summed E-state index contributed by atoms with van der Waals surface area (Å²) in [6.07, 6.45) is -3.89. The molecule has 1 radical (unpaired) electrons. The number of benzene rings is 1. The number of ether oxygens (including phenoxy) is 1. The maximum absolute atomic E-state index is 12.0. The molecule has 0 fully saturated rings. The SMILES string of the molecule is CN(C)CC[C@@H]([NH])CSc1ccc(OC(F)(F)F)cc1. The van der Waals surface area contributed by atoms with Gasteiger partial charge in [0, 0.05) is 16.7 Å². The van der Waals surface area contributed by atoms with Gasteiger partial charge in [0.05, 0.1) is 0 Å². The van der Waals surface area contributed by atoms with Crippen LogP contribution in [0.2, 0.25) is 0 Å². The first-order chi connectivity index (χ1) is 9.26. The van der Waals surface area contributed by atoms with E-state index in [0.29, 0.717) is 5.75 Å². The Hall–Kier alpha value is -0.920. The molecule has 0 aromatic heterocycles. The highest BCUT2D eigenvalue weighted by atomic mass is 32.2. The van der Waals surface area contributed by atoms with Gasteiger partial charge in [0.1, 0.15) is 5.75 Å². The molecule has 0 heterocycles. The maximum atomic E-state index is 12.0. The van der Waals surface area contributed by atoms with Crippen LogP contribution in [0.15, 0.2) is 29.2 Å². The van der Waals surface area contributed by atoms with Crippen LogP contribution in [-0.2, 0) is 0 Å². The van der Waals surface area contributed by atoms with Crippen molar-refractivity contribution in [1.82, 2.24) is 10.6 Å². The molecule has 7 heteroatoms. The number of nitrogens with zero attached hydrogens (tertiary/aromatic N) is 1. The molecule has 0 bridgehead atoms. The lowest BCUT2D eigenvalue weighted by Crippen LogP contribution is -2.21. The lowest BCUT2D eigenvalue weighted by molar-refractivity contribution is -0.274. The van der Waals surface area contributed by atoms with Gasteiger partial charge in [0.15, 0.2) is 0 Å². The number of hydrogen-bond donors (Lipinski definition) is 0. The van der Waals surface area contributed by atoms with Crippen molar-refractivity contribution in [3.05, 3.63) is 24.3 Å². The first-order valence-electron chi connectivity index (χ1n) is 6.11. The Morgan fingerprint density at radius 2 is 1.85 bits per heavy atom. The highest BCUT2D eigenvalue weighted by molar-refractivity contribution is 7.99. The quantitative estimate of drug-likeness (QED) is 0.725. The van der Waals surface area contributed by atoms with E-state index in [0.717, 1.165) is 17.9 Å². The van der Waals surface area contributed by atoms with Gasteiger partial charge >= 0.3 is 6.36 Å². The molecule has 0 aliphatic carbocycles. The van der Waals surface area contributed by atoms with Gasteiger partial charge in [0.25, 0.3) is 0 Å². The normalized spacial score (nSPS) is 13.6. The van der Waals surface area contributed by atoms with Crippen molar-refractivity contribution in [2.24, 2.45) is 0 Å². The van der Waals surface area contributed by atoms with Crippen molar-refractivity contribution in [3.63, 3.8) is 0 Å². The van der Waals surface area contributed by atoms with Crippen LogP contribution in [0, 0.1) is 0 Å². The van der Waals surface area contributed by atoms with E-state index < -0.39 is 6.36 Å². The molecule has 0 saturated heterocycles. The van der Waals surface area contributed by atoms with Crippen molar-refractivity contribution in [1.29, 1.82) is 0 Å². The fourth-order valence-corrected chi connectivity index (χ4v) is 2.32. The average Bonchev–Trinajstić information content (AvgIpc) is 2.33. The zero-order chi connectivity index (χ0) is 15.2. The molecule has 1 atom stereocenters. The zero-order valence-corrected chi connectivity index (χ0v) is 12.2. The van der Waals surface area contributed by atoms with Gasteiger partial charge < -0.3 is 9.64 Å². The molecule has 0 aliphatic rings. The summed E-state index contributed by atoms with van der Waals surface area (Å²) in [6, 6.07) is 5.53. The van der Waals surface area contributed by atoms with Crippen LogP contribution in [-0.4, -0.2) is 43.7 Å². The second-order valence-electron chi connectivity index (χ2n) is 4.62. The first-order valence-corrected chi connectivity index (χ1v) is 7.09. The summed E-state index contributed by atoms with van der Waals surface area (Å²) in [5, 5.41) is 0. The molecule has 0 aliphatic heterocycles. The Bertz CT molecular complexity index is 396. The van der Waals surface area contributed by atoms with E-state index in [2.05, 4.69) is 4.74 Å². The predicted molar refractivity (Wildman–Crippen MR) is 73.9 cm³/mol. The number of nitrogens with one attached hydrogen (secondary N) is 1. The molecule has 1 aromatic rings. The molecular weight excluding hydrogens is 289 g/mol. The van der Waals surface area contributed by atoms with Gasteiger partial charge in [-0.05, 0) is 51.3 Å². The second kappa shape index (κ2) is 7.75. The van der Waals surface area contributed by atoms with E-state index in [1.807, 2.05) is 19.0 Å². The Morgan fingerprint density at radius 3 is 2.35 bits per heavy atom. The number of alkyl halides is 3. The molecule has 1 aromatic carbocycles. The van der Waals surface area contributed by atoms with Gasteiger partial charge in [-0.15, -0.1) is 24.9 Å². The molecule has 0 unspecified atom stereocenters. The number of rotatable bonds is 7. The minimum absolute atomic E-state index is 0.187. The molecule has 0 amide bonds. The van der Waals surface area contributed by atoms with Crippen LogP contribution < -0.4 is 10.5 Å². The van der Waals surface area contributed by atoms with Gasteiger partial charge in [-0.1, -0.05) is 0 Å². The van der Waals surface area contributed by atoms with E-state index in [1.165, 1.54) is 23.9 Å². The second-order valence-corrected chi connectivity index (χ2v) is 5.71. The van der Waals surface area contributed by atoms with Crippen LogP contribution in [0.3, 0.4) is 0 Å². The summed E-state index contributed by atoms with van der Waals surface area (Å²) in [5.41, 5.74) is 7.85. The van der Waals surface area contributed by atoms with E-state index in [4.69, 9.17) is 5.73 Å². The third-order valence-corrected chi connectivity index (χ3v) is 3.61. The summed E-state index contributed by atoms with van der Waals surface area (Å²) in [7, 11) is 3.92. The Labute approximate surface area is 121 Å². The average molecular weight is 307 g/mol. The molecule has 1 rings (SSSR count). The van der Waals surface area contributed by atoms with Crippen LogP contribution in [0.4, 0.5) is 13.2 Å². The van der Waals surface area contributed by atoms with E-state index in [9.17, 15) is 13.2 Å². The van der Waals surface area contributed by atoms with Crippen LogP contribution in [0.5, 0.6) is 5.75 Å². The highest BCUT2D eigenvalue weighted by Crippen LogP contribution is 2.26. The Balaban J connectivity index is 2.38. The molecule has 3 nitrogen and oxygen atoms in total. The lowest BCUT2D eigenvalue weighted by Gasteiger charge is -2.14.